The van der Waals surface area contributed by atoms with Crippen molar-refractivity contribution in [3.8, 4) is 11.5 Å². The number of thioether (sulfide) groups is 1. The van der Waals surface area contributed by atoms with Gasteiger partial charge in [-0.1, -0.05) is 18.9 Å². The summed E-state index contributed by atoms with van der Waals surface area (Å²) in [5.41, 5.74) is 1.27. The second-order valence-corrected chi connectivity index (χ2v) is 7.08. The summed E-state index contributed by atoms with van der Waals surface area (Å²) in [6.07, 6.45) is 7.68. The summed E-state index contributed by atoms with van der Waals surface area (Å²) in [5, 5.41) is 3.71. The van der Waals surface area contributed by atoms with E-state index in [-0.39, 0.29) is 0 Å². The second kappa shape index (κ2) is 5.86. The van der Waals surface area contributed by atoms with Crippen LogP contribution in [0.3, 0.4) is 0 Å². The van der Waals surface area contributed by atoms with Crippen molar-refractivity contribution < 1.29 is 9.47 Å². The Kier molecular flexibility index (Phi) is 4.13. The van der Waals surface area contributed by atoms with E-state index in [2.05, 4.69) is 30.6 Å². The summed E-state index contributed by atoms with van der Waals surface area (Å²) in [7, 11) is 0. The Morgan fingerprint density at radius 3 is 2.75 bits per heavy atom. The van der Waals surface area contributed by atoms with Crippen LogP contribution in [0.2, 0.25) is 0 Å². The smallest absolute Gasteiger partial charge is 0.231 e. The molecule has 3 nitrogen and oxygen atoms in total. The number of rotatable bonds is 5. The van der Waals surface area contributed by atoms with Crippen LogP contribution in [0.4, 0.5) is 0 Å². The minimum Gasteiger partial charge on any atom is -0.454 e. The van der Waals surface area contributed by atoms with Crippen molar-refractivity contribution in [3.05, 3.63) is 23.8 Å². The molecular weight excluding hydrogens is 270 g/mol. The number of benzene rings is 1. The van der Waals surface area contributed by atoms with E-state index in [9.17, 15) is 0 Å². The van der Waals surface area contributed by atoms with Crippen LogP contribution in [0.1, 0.15) is 44.2 Å². The van der Waals surface area contributed by atoms with Crippen molar-refractivity contribution in [3.63, 3.8) is 0 Å². The summed E-state index contributed by atoms with van der Waals surface area (Å²) in [6, 6.07) is 6.58. The lowest BCUT2D eigenvalue weighted by Gasteiger charge is -2.29. The third-order valence-corrected chi connectivity index (χ3v) is 5.99. The summed E-state index contributed by atoms with van der Waals surface area (Å²) >= 11 is 2.03. The molecule has 0 amide bonds. The van der Waals surface area contributed by atoms with Crippen molar-refractivity contribution in [1.82, 2.24) is 5.32 Å². The van der Waals surface area contributed by atoms with Gasteiger partial charge in [-0.2, -0.15) is 11.8 Å². The third kappa shape index (κ3) is 2.77. The fraction of sp³-hybridized carbons (Fsp3) is 0.625. The van der Waals surface area contributed by atoms with Crippen LogP contribution in [0.5, 0.6) is 11.5 Å². The number of nitrogens with one attached hydrogen (secondary N) is 1. The summed E-state index contributed by atoms with van der Waals surface area (Å²) < 4.78 is 11.3. The normalized spacial score (nSPS) is 21.1. The van der Waals surface area contributed by atoms with E-state index in [1.54, 1.807) is 0 Å². The van der Waals surface area contributed by atoms with Crippen LogP contribution >= 0.6 is 11.8 Å². The summed E-state index contributed by atoms with van der Waals surface area (Å²) in [6.45, 7) is 3.65. The lowest BCUT2D eigenvalue weighted by atomic mass is 10.0. The van der Waals surface area contributed by atoms with E-state index >= 15 is 0 Å². The molecule has 1 N–H and O–H groups in total. The van der Waals surface area contributed by atoms with Gasteiger partial charge in [-0.3, -0.25) is 0 Å². The lowest BCUT2D eigenvalue weighted by molar-refractivity contribution is 0.174. The SMILES string of the molecule is CSC1(CNC(C)c2ccc3c(c2)OCO3)CCCC1. The van der Waals surface area contributed by atoms with Gasteiger partial charge in [-0.25, -0.2) is 0 Å². The monoisotopic (exact) mass is 293 g/mol. The first-order valence-corrected chi connectivity index (χ1v) is 8.63. The highest BCUT2D eigenvalue weighted by molar-refractivity contribution is 8.00. The molecule has 1 aliphatic carbocycles. The topological polar surface area (TPSA) is 30.5 Å². The molecular formula is C16H23NO2S. The Hall–Kier alpha value is -0.870. The lowest BCUT2D eigenvalue weighted by Crippen LogP contribution is -2.36. The zero-order chi connectivity index (χ0) is 14.0. The number of ether oxygens (including phenoxy) is 2. The molecule has 1 heterocycles. The molecule has 0 spiro atoms. The number of fused-ring (bicyclic) bond motifs is 1. The summed E-state index contributed by atoms with van der Waals surface area (Å²) in [4.78, 5) is 0. The Bertz CT molecular complexity index is 472. The van der Waals surface area contributed by atoms with Crippen molar-refractivity contribution in [2.24, 2.45) is 0 Å². The van der Waals surface area contributed by atoms with Crippen molar-refractivity contribution in [1.29, 1.82) is 0 Å². The Labute approximate surface area is 125 Å². The predicted molar refractivity (Wildman–Crippen MR) is 83.7 cm³/mol. The molecule has 1 aliphatic heterocycles. The highest BCUT2D eigenvalue weighted by atomic mass is 32.2. The average molecular weight is 293 g/mol. The molecule has 1 aromatic rings. The van der Waals surface area contributed by atoms with Gasteiger partial charge >= 0.3 is 0 Å². The Morgan fingerprint density at radius 1 is 1.25 bits per heavy atom. The molecule has 0 radical (unpaired) electrons. The van der Waals surface area contributed by atoms with Gasteiger partial charge in [0.2, 0.25) is 6.79 Å². The quantitative estimate of drug-likeness (QED) is 0.896. The van der Waals surface area contributed by atoms with Crippen LogP contribution in [-0.4, -0.2) is 24.3 Å². The van der Waals surface area contributed by atoms with E-state index in [0.717, 1.165) is 18.0 Å². The average Bonchev–Trinajstić information content (AvgIpc) is 3.13. The maximum absolute atomic E-state index is 5.45. The van der Waals surface area contributed by atoms with Crippen LogP contribution in [0, 0.1) is 0 Å². The van der Waals surface area contributed by atoms with Crippen molar-refractivity contribution in [2.45, 2.75) is 43.4 Å². The van der Waals surface area contributed by atoms with Gasteiger partial charge < -0.3 is 14.8 Å². The standard InChI is InChI=1S/C16H23NO2S/c1-12(17-10-16(20-2)7-3-4-8-16)13-5-6-14-15(9-13)19-11-18-14/h5-6,9,12,17H,3-4,7-8,10-11H2,1-2H3. The van der Waals surface area contributed by atoms with Crippen LogP contribution in [0.15, 0.2) is 18.2 Å². The Morgan fingerprint density at radius 2 is 2.00 bits per heavy atom. The van der Waals surface area contributed by atoms with Gasteiger partial charge in [0.1, 0.15) is 0 Å². The highest BCUT2D eigenvalue weighted by Crippen LogP contribution is 2.40. The molecule has 0 bridgehead atoms. The molecule has 1 fully saturated rings. The van der Waals surface area contributed by atoms with Crippen LogP contribution in [-0.2, 0) is 0 Å². The summed E-state index contributed by atoms with van der Waals surface area (Å²) in [5.74, 6) is 1.73. The van der Waals surface area contributed by atoms with Crippen LogP contribution < -0.4 is 14.8 Å². The van der Waals surface area contributed by atoms with Gasteiger partial charge in [-0.15, -0.1) is 0 Å². The van der Waals surface area contributed by atoms with Crippen molar-refractivity contribution in [2.75, 3.05) is 19.6 Å². The number of hydrogen-bond acceptors (Lipinski definition) is 4. The molecule has 0 aromatic heterocycles. The van der Waals surface area contributed by atoms with Gasteiger partial charge in [0.15, 0.2) is 11.5 Å². The first-order chi connectivity index (χ1) is 9.72. The van der Waals surface area contributed by atoms with Gasteiger partial charge in [0.25, 0.3) is 0 Å². The van der Waals surface area contributed by atoms with E-state index in [0.29, 0.717) is 17.6 Å². The first kappa shape index (κ1) is 14.1. The minimum absolute atomic E-state index is 0.342. The fourth-order valence-electron chi connectivity index (χ4n) is 3.11. The highest BCUT2D eigenvalue weighted by Gasteiger charge is 2.33. The molecule has 20 heavy (non-hydrogen) atoms. The van der Waals surface area contributed by atoms with Gasteiger partial charge in [0.05, 0.1) is 0 Å². The molecule has 1 atom stereocenters. The first-order valence-electron chi connectivity index (χ1n) is 7.40. The number of hydrogen-bond donors (Lipinski definition) is 1. The fourth-order valence-corrected chi connectivity index (χ4v) is 4.04. The Balaban J connectivity index is 1.63. The van der Waals surface area contributed by atoms with Gasteiger partial charge in [0, 0.05) is 17.3 Å². The van der Waals surface area contributed by atoms with Crippen LogP contribution in [0.25, 0.3) is 0 Å². The predicted octanol–water partition coefficient (Wildman–Crippen LogP) is 3.74. The van der Waals surface area contributed by atoms with Crippen molar-refractivity contribution >= 4 is 11.8 Å². The van der Waals surface area contributed by atoms with E-state index in [1.165, 1.54) is 31.2 Å². The zero-order valence-corrected chi connectivity index (χ0v) is 13.1. The third-order valence-electron chi connectivity index (χ3n) is 4.57. The maximum Gasteiger partial charge on any atom is 0.231 e. The minimum atomic E-state index is 0.342. The van der Waals surface area contributed by atoms with Gasteiger partial charge in [-0.05, 0) is 43.7 Å². The zero-order valence-electron chi connectivity index (χ0n) is 12.3. The molecule has 110 valence electrons. The van der Waals surface area contributed by atoms with E-state index in [1.807, 2.05) is 17.8 Å². The molecule has 4 heteroatoms. The molecule has 2 aliphatic rings. The second-order valence-electron chi connectivity index (χ2n) is 5.81. The molecule has 0 saturated heterocycles. The molecule has 1 unspecified atom stereocenters. The van der Waals surface area contributed by atoms with E-state index in [4.69, 9.17) is 9.47 Å². The molecule has 1 aromatic carbocycles. The molecule has 1 saturated carbocycles. The largest absolute Gasteiger partial charge is 0.454 e. The molecule has 3 rings (SSSR count). The van der Waals surface area contributed by atoms with E-state index < -0.39 is 0 Å². The maximum atomic E-state index is 5.45.